The third kappa shape index (κ3) is 2.12. The summed E-state index contributed by atoms with van der Waals surface area (Å²) in [5, 5.41) is 3.12. The van der Waals surface area contributed by atoms with E-state index in [1.165, 1.54) is 4.88 Å². The van der Waals surface area contributed by atoms with Gasteiger partial charge in [-0.2, -0.15) is 0 Å². The molecule has 3 aromatic rings. The van der Waals surface area contributed by atoms with Crippen LogP contribution in [0.25, 0.3) is 10.9 Å². The van der Waals surface area contributed by atoms with Gasteiger partial charge in [0, 0.05) is 29.2 Å². The molecular weight excluding hydrogens is 266 g/mol. The Bertz CT molecular complexity index is 722. The molecule has 0 bridgehead atoms. The smallest absolute Gasteiger partial charge is 0.0956 e. The molecule has 0 aliphatic heterocycles. The fraction of sp³-hybridized carbons (Fsp3) is 0.188. The van der Waals surface area contributed by atoms with E-state index < -0.39 is 0 Å². The molecule has 0 amide bonds. The lowest BCUT2D eigenvalue weighted by Crippen LogP contribution is -2.21. The first-order valence-electron chi connectivity index (χ1n) is 6.58. The molecule has 20 heavy (non-hydrogen) atoms. The summed E-state index contributed by atoms with van der Waals surface area (Å²) < 4.78 is 0. The molecule has 3 rings (SSSR count). The third-order valence-corrected chi connectivity index (χ3v) is 4.74. The Labute approximate surface area is 122 Å². The molecule has 0 fully saturated rings. The van der Waals surface area contributed by atoms with Crippen LogP contribution >= 0.6 is 11.3 Å². The Balaban J connectivity index is 2.08. The first-order valence-corrected chi connectivity index (χ1v) is 7.46. The lowest BCUT2D eigenvalue weighted by atomic mass is 10.1. The number of nitrogens with zero attached hydrogens (tertiary/aromatic N) is 2. The van der Waals surface area contributed by atoms with Crippen molar-refractivity contribution in [1.82, 2.24) is 4.98 Å². The highest BCUT2D eigenvalue weighted by molar-refractivity contribution is 7.10. The number of aromatic nitrogens is 1. The van der Waals surface area contributed by atoms with Gasteiger partial charge in [-0.3, -0.25) is 4.98 Å². The summed E-state index contributed by atoms with van der Waals surface area (Å²) in [7, 11) is 2.10. The number of anilines is 2. The van der Waals surface area contributed by atoms with Gasteiger partial charge in [0.2, 0.25) is 0 Å². The lowest BCUT2D eigenvalue weighted by molar-refractivity contribution is 0.756. The van der Waals surface area contributed by atoms with E-state index in [-0.39, 0.29) is 0 Å². The molecule has 0 aliphatic carbocycles. The lowest BCUT2D eigenvalue weighted by Gasteiger charge is -2.27. The number of thiophene rings is 1. The molecule has 1 atom stereocenters. The van der Waals surface area contributed by atoms with Gasteiger partial charge in [-0.15, -0.1) is 11.3 Å². The van der Waals surface area contributed by atoms with Gasteiger partial charge in [-0.05, 0) is 42.6 Å². The fourth-order valence-corrected chi connectivity index (χ4v) is 3.22. The summed E-state index contributed by atoms with van der Waals surface area (Å²) in [6.45, 7) is 2.21. The van der Waals surface area contributed by atoms with Crippen LogP contribution in [-0.2, 0) is 0 Å². The van der Waals surface area contributed by atoms with Crippen LogP contribution in [0.2, 0.25) is 0 Å². The van der Waals surface area contributed by atoms with Crippen molar-refractivity contribution < 1.29 is 0 Å². The number of nitrogens with two attached hydrogens (primary N) is 1. The number of hydrogen-bond donors (Lipinski definition) is 1. The van der Waals surface area contributed by atoms with Gasteiger partial charge >= 0.3 is 0 Å². The summed E-state index contributed by atoms with van der Waals surface area (Å²) in [6, 6.07) is 12.5. The normalized spacial score (nSPS) is 12.5. The van der Waals surface area contributed by atoms with Gasteiger partial charge in [0.15, 0.2) is 0 Å². The van der Waals surface area contributed by atoms with Crippen molar-refractivity contribution >= 4 is 33.6 Å². The number of hydrogen-bond acceptors (Lipinski definition) is 4. The monoisotopic (exact) mass is 283 g/mol. The van der Waals surface area contributed by atoms with Crippen LogP contribution in [0.3, 0.4) is 0 Å². The summed E-state index contributed by atoms with van der Waals surface area (Å²) in [5.41, 5.74) is 8.88. The minimum atomic E-state index is 0.309. The maximum absolute atomic E-state index is 6.04. The van der Waals surface area contributed by atoms with Gasteiger partial charge in [0.05, 0.1) is 17.2 Å². The Kier molecular flexibility index (Phi) is 3.32. The van der Waals surface area contributed by atoms with Crippen LogP contribution < -0.4 is 10.6 Å². The zero-order valence-corrected chi connectivity index (χ0v) is 12.4. The number of fused-ring (bicyclic) bond motifs is 1. The summed E-state index contributed by atoms with van der Waals surface area (Å²) in [5.74, 6) is 0. The van der Waals surface area contributed by atoms with E-state index in [1.54, 1.807) is 11.3 Å². The first-order chi connectivity index (χ1) is 9.68. The van der Waals surface area contributed by atoms with E-state index in [1.807, 2.05) is 24.4 Å². The van der Waals surface area contributed by atoms with E-state index in [9.17, 15) is 0 Å². The van der Waals surface area contributed by atoms with Crippen molar-refractivity contribution in [3.8, 4) is 0 Å². The zero-order valence-electron chi connectivity index (χ0n) is 11.6. The summed E-state index contributed by atoms with van der Waals surface area (Å²) in [6.07, 6.45) is 1.81. The van der Waals surface area contributed by atoms with E-state index in [0.717, 1.165) is 22.3 Å². The van der Waals surface area contributed by atoms with Crippen LogP contribution in [0, 0.1) is 0 Å². The molecule has 2 heterocycles. The highest BCUT2D eigenvalue weighted by Crippen LogP contribution is 2.34. The first kappa shape index (κ1) is 12.9. The minimum Gasteiger partial charge on any atom is -0.398 e. The zero-order chi connectivity index (χ0) is 14.1. The summed E-state index contributed by atoms with van der Waals surface area (Å²) in [4.78, 5) is 8.10. The van der Waals surface area contributed by atoms with Gasteiger partial charge in [-0.1, -0.05) is 6.07 Å². The standard InChI is InChI=1S/C16H17N3S/c1-11(15-6-4-10-20-15)19(2)14-8-7-13(17)12-5-3-9-18-16(12)14/h3-11H,17H2,1-2H3. The molecule has 0 saturated carbocycles. The summed E-state index contributed by atoms with van der Waals surface area (Å²) >= 11 is 1.78. The third-order valence-electron chi connectivity index (χ3n) is 3.70. The highest BCUT2D eigenvalue weighted by atomic mass is 32.1. The average molecular weight is 283 g/mol. The van der Waals surface area contributed by atoms with Gasteiger partial charge < -0.3 is 10.6 Å². The quantitative estimate of drug-likeness (QED) is 0.737. The second kappa shape index (κ2) is 5.13. The van der Waals surface area contributed by atoms with Crippen LogP contribution in [0.4, 0.5) is 11.4 Å². The molecule has 102 valence electrons. The SMILES string of the molecule is CC(c1cccs1)N(C)c1ccc(N)c2cccnc12. The molecule has 0 saturated heterocycles. The number of pyridine rings is 1. The maximum atomic E-state index is 6.04. The number of nitrogen functional groups attached to an aromatic ring is 1. The minimum absolute atomic E-state index is 0.309. The Morgan fingerprint density at radius 2 is 2.05 bits per heavy atom. The predicted octanol–water partition coefficient (Wildman–Crippen LogP) is 4.08. The number of benzene rings is 1. The molecule has 2 aromatic heterocycles. The van der Waals surface area contributed by atoms with Crippen molar-refractivity contribution in [1.29, 1.82) is 0 Å². The second-order valence-corrected chi connectivity index (χ2v) is 5.86. The van der Waals surface area contributed by atoms with Crippen molar-refractivity contribution in [3.63, 3.8) is 0 Å². The Hall–Kier alpha value is -2.07. The molecule has 0 aliphatic rings. The maximum Gasteiger partial charge on any atom is 0.0956 e. The molecule has 1 unspecified atom stereocenters. The molecule has 4 heteroatoms. The van der Waals surface area contributed by atoms with Crippen molar-refractivity contribution in [2.24, 2.45) is 0 Å². The van der Waals surface area contributed by atoms with Crippen molar-refractivity contribution in [2.45, 2.75) is 13.0 Å². The van der Waals surface area contributed by atoms with Crippen LogP contribution in [0.15, 0.2) is 48.0 Å². The van der Waals surface area contributed by atoms with E-state index >= 15 is 0 Å². The topological polar surface area (TPSA) is 42.1 Å². The second-order valence-electron chi connectivity index (χ2n) is 4.88. The highest BCUT2D eigenvalue weighted by Gasteiger charge is 2.16. The van der Waals surface area contributed by atoms with Crippen molar-refractivity contribution in [3.05, 3.63) is 52.9 Å². The molecule has 0 radical (unpaired) electrons. The van der Waals surface area contributed by atoms with E-state index in [2.05, 4.69) is 47.4 Å². The average Bonchev–Trinajstić information content (AvgIpc) is 3.01. The molecule has 3 nitrogen and oxygen atoms in total. The van der Waals surface area contributed by atoms with Gasteiger partial charge in [-0.25, -0.2) is 0 Å². The van der Waals surface area contributed by atoms with E-state index in [0.29, 0.717) is 6.04 Å². The van der Waals surface area contributed by atoms with Crippen LogP contribution in [0.5, 0.6) is 0 Å². The Morgan fingerprint density at radius 1 is 1.20 bits per heavy atom. The largest absolute Gasteiger partial charge is 0.398 e. The molecular formula is C16H17N3S. The Morgan fingerprint density at radius 3 is 2.80 bits per heavy atom. The number of rotatable bonds is 3. The van der Waals surface area contributed by atoms with Gasteiger partial charge in [0.1, 0.15) is 0 Å². The predicted molar refractivity (Wildman–Crippen MR) is 87.3 cm³/mol. The van der Waals surface area contributed by atoms with Crippen LogP contribution in [0.1, 0.15) is 17.8 Å². The molecule has 2 N–H and O–H groups in total. The van der Waals surface area contributed by atoms with Gasteiger partial charge in [0.25, 0.3) is 0 Å². The van der Waals surface area contributed by atoms with E-state index in [4.69, 9.17) is 5.73 Å². The molecule has 1 aromatic carbocycles. The molecule has 0 spiro atoms. The van der Waals surface area contributed by atoms with Crippen LogP contribution in [-0.4, -0.2) is 12.0 Å². The van der Waals surface area contributed by atoms with Crippen molar-refractivity contribution in [2.75, 3.05) is 17.7 Å². The fourth-order valence-electron chi connectivity index (χ4n) is 2.39.